The van der Waals surface area contributed by atoms with Gasteiger partial charge in [-0.2, -0.15) is 5.10 Å². The van der Waals surface area contributed by atoms with E-state index in [-0.39, 0.29) is 23.8 Å². The van der Waals surface area contributed by atoms with E-state index in [0.717, 1.165) is 36.9 Å². The second-order valence-corrected chi connectivity index (χ2v) is 9.23. The van der Waals surface area contributed by atoms with E-state index in [4.69, 9.17) is 0 Å². The summed E-state index contributed by atoms with van der Waals surface area (Å²) in [5, 5.41) is 7.91. The van der Waals surface area contributed by atoms with E-state index in [9.17, 15) is 9.59 Å². The predicted octanol–water partition coefficient (Wildman–Crippen LogP) is 3.87. The van der Waals surface area contributed by atoms with E-state index >= 15 is 0 Å². The number of carbonyl (C=O) groups excluding carboxylic acids is 2. The van der Waals surface area contributed by atoms with Crippen molar-refractivity contribution in [3.05, 3.63) is 53.3 Å². The fourth-order valence-corrected chi connectivity index (χ4v) is 4.55. The summed E-state index contributed by atoms with van der Waals surface area (Å²) in [6.45, 7) is 6.78. The zero-order valence-electron chi connectivity index (χ0n) is 18.2. The number of fused-ring (bicyclic) bond motifs is 1. The molecule has 1 aliphatic carbocycles. The molecule has 0 bridgehead atoms. The number of nitrogens with one attached hydrogen (secondary N) is 1. The third-order valence-corrected chi connectivity index (χ3v) is 6.52. The summed E-state index contributed by atoms with van der Waals surface area (Å²) < 4.78 is 1.74. The van der Waals surface area contributed by atoms with Gasteiger partial charge in [0.05, 0.1) is 12.2 Å². The standard InChI is InChI=1S/C24H32N4O2/c1-17(2)20-14-21-22(29)27(15-18-10-6-4-7-11-18)24(3,16-28(21)26-20)23(30)25-19-12-8-5-9-13-19/h4,6-7,10-11,14,17,19H,5,8-9,12-13,15-16H2,1-3H3,(H,25,30)/t24-/m0/s1. The van der Waals surface area contributed by atoms with E-state index in [0.29, 0.717) is 18.8 Å². The van der Waals surface area contributed by atoms with Crippen LogP contribution >= 0.6 is 0 Å². The first kappa shape index (κ1) is 20.6. The SMILES string of the molecule is CC(C)c1cc2n(n1)C[C@@](C)(C(=O)NC1CCCCC1)N(Cc1ccccc1)C2=O. The molecule has 2 amide bonds. The number of carbonyl (C=O) groups is 2. The summed E-state index contributed by atoms with van der Waals surface area (Å²) in [5.74, 6) is 0.0116. The predicted molar refractivity (Wildman–Crippen MR) is 116 cm³/mol. The number of amides is 2. The van der Waals surface area contributed by atoms with Crippen LogP contribution in [0.4, 0.5) is 0 Å². The highest BCUT2D eigenvalue weighted by atomic mass is 16.2. The van der Waals surface area contributed by atoms with Crippen molar-refractivity contribution in [1.29, 1.82) is 0 Å². The molecule has 1 atom stereocenters. The lowest BCUT2D eigenvalue weighted by Gasteiger charge is -2.44. The maximum Gasteiger partial charge on any atom is 0.273 e. The van der Waals surface area contributed by atoms with Gasteiger partial charge in [0.2, 0.25) is 5.91 Å². The van der Waals surface area contributed by atoms with E-state index in [1.807, 2.05) is 43.3 Å². The second kappa shape index (κ2) is 8.25. The number of rotatable bonds is 5. The molecular formula is C24H32N4O2. The highest BCUT2D eigenvalue weighted by Gasteiger charge is 2.48. The monoisotopic (exact) mass is 408 g/mol. The lowest BCUT2D eigenvalue weighted by molar-refractivity contribution is -0.134. The van der Waals surface area contributed by atoms with E-state index in [1.165, 1.54) is 6.42 Å². The molecule has 0 spiro atoms. The first-order valence-electron chi connectivity index (χ1n) is 11.1. The van der Waals surface area contributed by atoms with Gasteiger partial charge in [-0.15, -0.1) is 0 Å². The van der Waals surface area contributed by atoms with Gasteiger partial charge in [0, 0.05) is 12.6 Å². The molecule has 1 aromatic carbocycles. The molecule has 0 radical (unpaired) electrons. The molecule has 2 aromatic rings. The smallest absolute Gasteiger partial charge is 0.273 e. The number of hydrogen-bond acceptors (Lipinski definition) is 3. The molecule has 1 aromatic heterocycles. The summed E-state index contributed by atoms with van der Waals surface area (Å²) in [5.41, 5.74) is 1.48. The van der Waals surface area contributed by atoms with Gasteiger partial charge in [-0.3, -0.25) is 14.3 Å². The number of aromatic nitrogens is 2. The van der Waals surface area contributed by atoms with Crippen molar-refractivity contribution in [2.24, 2.45) is 0 Å². The quantitative estimate of drug-likeness (QED) is 0.817. The summed E-state index contributed by atoms with van der Waals surface area (Å²) in [4.78, 5) is 28.8. The lowest BCUT2D eigenvalue weighted by Crippen LogP contribution is -2.64. The molecule has 30 heavy (non-hydrogen) atoms. The van der Waals surface area contributed by atoms with Crippen molar-refractivity contribution < 1.29 is 9.59 Å². The first-order valence-corrected chi connectivity index (χ1v) is 11.1. The summed E-state index contributed by atoms with van der Waals surface area (Å²) in [7, 11) is 0. The molecule has 1 N–H and O–H groups in total. The van der Waals surface area contributed by atoms with Crippen molar-refractivity contribution in [1.82, 2.24) is 20.0 Å². The van der Waals surface area contributed by atoms with Gasteiger partial charge in [0.1, 0.15) is 11.2 Å². The molecule has 0 unspecified atom stereocenters. The van der Waals surface area contributed by atoms with Gasteiger partial charge in [0.15, 0.2) is 0 Å². The molecule has 1 aliphatic heterocycles. The van der Waals surface area contributed by atoms with Crippen LogP contribution in [0.3, 0.4) is 0 Å². The Morgan fingerprint density at radius 2 is 1.90 bits per heavy atom. The maximum atomic E-state index is 13.6. The Balaban J connectivity index is 1.68. The van der Waals surface area contributed by atoms with Crippen LogP contribution in [0, 0.1) is 0 Å². The van der Waals surface area contributed by atoms with Crippen LogP contribution in [0.15, 0.2) is 36.4 Å². The van der Waals surface area contributed by atoms with Gasteiger partial charge >= 0.3 is 0 Å². The first-order chi connectivity index (χ1) is 14.4. The van der Waals surface area contributed by atoms with Gasteiger partial charge in [-0.25, -0.2) is 0 Å². The van der Waals surface area contributed by atoms with Crippen LogP contribution in [-0.4, -0.2) is 38.1 Å². The zero-order chi connectivity index (χ0) is 21.3. The topological polar surface area (TPSA) is 67.2 Å². The Labute approximate surface area is 178 Å². The van der Waals surface area contributed by atoms with Crippen LogP contribution in [0.25, 0.3) is 0 Å². The summed E-state index contributed by atoms with van der Waals surface area (Å²) >= 11 is 0. The molecule has 2 aliphatic rings. The third-order valence-electron chi connectivity index (χ3n) is 6.52. The van der Waals surface area contributed by atoms with Crippen molar-refractivity contribution >= 4 is 11.8 Å². The van der Waals surface area contributed by atoms with Gasteiger partial charge in [-0.05, 0) is 37.3 Å². The largest absolute Gasteiger partial charge is 0.351 e. The fraction of sp³-hybridized carbons (Fsp3) is 0.542. The van der Waals surface area contributed by atoms with Crippen molar-refractivity contribution in [2.75, 3.05) is 0 Å². The molecule has 160 valence electrons. The maximum absolute atomic E-state index is 13.6. The fourth-order valence-electron chi connectivity index (χ4n) is 4.55. The average Bonchev–Trinajstić information content (AvgIpc) is 3.17. The van der Waals surface area contributed by atoms with Crippen LogP contribution < -0.4 is 5.32 Å². The molecule has 1 saturated carbocycles. The molecule has 0 saturated heterocycles. The normalized spacial score (nSPS) is 22.3. The van der Waals surface area contributed by atoms with Gasteiger partial charge < -0.3 is 10.2 Å². The Kier molecular flexibility index (Phi) is 5.67. The molecule has 1 fully saturated rings. The Bertz CT molecular complexity index is 915. The third kappa shape index (κ3) is 3.87. The Morgan fingerprint density at radius 3 is 2.57 bits per heavy atom. The van der Waals surface area contributed by atoms with Crippen molar-refractivity contribution in [2.45, 2.75) is 83.5 Å². The number of nitrogens with zero attached hydrogens (tertiary/aromatic N) is 3. The van der Waals surface area contributed by atoms with Crippen molar-refractivity contribution in [3.8, 4) is 0 Å². The van der Waals surface area contributed by atoms with E-state index in [2.05, 4.69) is 24.3 Å². The summed E-state index contributed by atoms with van der Waals surface area (Å²) in [6, 6.07) is 12.0. The minimum absolute atomic E-state index is 0.0778. The Hall–Kier alpha value is -2.63. The number of hydrogen-bond donors (Lipinski definition) is 1. The highest BCUT2D eigenvalue weighted by Crippen LogP contribution is 2.31. The minimum atomic E-state index is -0.988. The molecule has 2 heterocycles. The van der Waals surface area contributed by atoms with Crippen LogP contribution in [-0.2, 0) is 17.9 Å². The van der Waals surface area contributed by atoms with Gasteiger partial charge in [-0.1, -0.05) is 63.4 Å². The molecule has 6 heteroatoms. The zero-order valence-corrected chi connectivity index (χ0v) is 18.2. The lowest BCUT2D eigenvalue weighted by atomic mass is 9.91. The van der Waals surface area contributed by atoms with Crippen LogP contribution in [0.1, 0.15) is 80.5 Å². The minimum Gasteiger partial charge on any atom is -0.351 e. The van der Waals surface area contributed by atoms with Gasteiger partial charge in [0.25, 0.3) is 5.91 Å². The van der Waals surface area contributed by atoms with E-state index in [1.54, 1.807) is 9.58 Å². The van der Waals surface area contributed by atoms with Crippen LogP contribution in [0.5, 0.6) is 0 Å². The second-order valence-electron chi connectivity index (χ2n) is 9.23. The highest BCUT2D eigenvalue weighted by molar-refractivity contribution is 5.99. The molecule has 4 rings (SSSR count). The molecular weight excluding hydrogens is 376 g/mol. The Morgan fingerprint density at radius 1 is 1.20 bits per heavy atom. The number of benzene rings is 1. The average molecular weight is 409 g/mol. The molecule has 6 nitrogen and oxygen atoms in total. The van der Waals surface area contributed by atoms with Crippen LogP contribution in [0.2, 0.25) is 0 Å². The van der Waals surface area contributed by atoms with E-state index < -0.39 is 5.54 Å². The van der Waals surface area contributed by atoms with Crippen molar-refractivity contribution in [3.63, 3.8) is 0 Å². The summed E-state index contributed by atoms with van der Waals surface area (Å²) in [6.07, 6.45) is 5.56.